The lowest BCUT2D eigenvalue weighted by molar-refractivity contribution is -0.112. The van der Waals surface area contributed by atoms with Crippen molar-refractivity contribution in [3.8, 4) is 0 Å². The maximum absolute atomic E-state index is 10.8. The van der Waals surface area contributed by atoms with Gasteiger partial charge in [0.05, 0.1) is 6.04 Å². The fraction of sp³-hybridized carbons (Fsp3) is 0.562. The molecule has 2 nitrogen and oxygen atoms in total. The molecule has 0 N–H and O–H groups in total. The maximum atomic E-state index is 10.8. The first kappa shape index (κ1) is 13.3. The van der Waals surface area contributed by atoms with Crippen LogP contribution in [0.2, 0.25) is 0 Å². The molecule has 0 saturated carbocycles. The van der Waals surface area contributed by atoms with Gasteiger partial charge in [0, 0.05) is 0 Å². The van der Waals surface area contributed by atoms with Gasteiger partial charge in [-0.25, -0.2) is 0 Å². The Labute approximate surface area is 110 Å². The third-order valence-electron chi connectivity index (χ3n) is 4.11. The minimum absolute atomic E-state index is 0.0973. The Morgan fingerprint density at radius 2 is 1.94 bits per heavy atom. The number of carbonyl (C=O) groups excluding carboxylic acids is 1. The number of nitrogens with zero attached hydrogens (tertiary/aromatic N) is 1. The van der Waals surface area contributed by atoms with E-state index in [0.717, 1.165) is 25.3 Å². The minimum atomic E-state index is 0.0973. The molecular weight excluding hydrogens is 222 g/mol. The summed E-state index contributed by atoms with van der Waals surface area (Å²) in [5.41, 5.74) is 1.45. The van der Waals surface area contributed by atoms with Crippen LogP contribution >= 0.6 is 0 Å². The first-order chi connectivity index (χ1) is 8.79. The van der Waals surface area contributed by atoms with Gasteiger partial charge in [0.1, 0.15) is 6.29 Å². The van der Waals surface area contributed by atoms with Gasteiger partial charge in [-0.3, -0.25) is 4.90 Å². The van der Waals surface area contributed by atoms with Gasteiger partial charge in [-0.2, -0.15) is 0 Å². The number of benzene rings is 1. The van der Waals surface area contributed by atoms with E-state index in [1.54, 1.807) is 0 Å². The fourth-order valence-electron chi connectivity index (χ4n) is 2.75. The average Bonchev–Trinajstić information content (AvgIpc) is 2.46. The molecule has 0 spiro atoms. The lowest BCUT2D eigenvalue weighted by Gasteiger charge is -2.33. The number of likely N-dealkylation sites (tertiary alicyclic amines) is 1. The number of piperidine rings is 1. The standard InChI is InChI=1S/C16H23NO/c1-14(13-18)17-11-9-16(10-12-17)8-7-15-5-3-2-4-6-15/h2-6,13-14,16H,7-12H2,1H3. The normalized spacial score (nSPS) is 19.6. The zero-order chi connectivity index (χ0) is 12.8. The predicted octanol–water partition coefficient (Wildman–Crippen LogP) is 2.92. The summed E-state index contributed by atoms with van der Waals surface area (Å²) in [6.45, 7) is 4.16. The summed E-state index contributed by atoms with van der Waals surface area (Å²) in [6.07, 6.45) is 6.02. The van der Waals surface area contributed by atoms with E-state index in [-0.39, 0.29) is 6.04 Å². The Bertz CT molecular complexity index is 355. The summed E-state index contributed by atoms with van der Waals surface area (Å²) < 4.78 is 0. The van der Waals surface area contributed by atoms with Crippen molar-refractivity contribution in [1.29, 1.82) is 0 Å². The van der Waals surface area contributed by atoms with Gasteiger partial charge in [-0.05, 0) is 57.2 Å². The number of hydrogen-bond acceptors (Lipinski definition) is 2. The molecule has 2 rings (SSSR count). The molecule has 0 radical (unpaired) electrons. The number of carbonyl (C=O) groups is 1. The second-order valence-corrected chi connectivity index (χ2v) is 5.38. The van der Waals surface area contributed by atoms with Gasteiger partial charge in [-0.15, -0.1) is 0 Å². The molecule has 1 aliphatic rings. The highest BCUT2D eigenvalue weighted by Gasteiger charge is 2.21. The minimum Gasteiger partial charge on any atom is -0.302 e. The molecular formula is C16H23NO. The van der Waals surface area contributed by atoms with Crippen LogP contribution in [-0.4, -0.2) is 30.3 Å². The van der Waals surface area contributed by atoms with Crippen LogP contribution in [0.4, 0.5) is 0 Å². The van der Waals surface area contributed by atoms with Crippen molar-refractivity contribution in [2.75, 3.05) is 13.1 Å². The zero-order valence-corrected chi connectivity index (χ0v) is 11.2. The van der Waals surface area contributed by atoms with Crippen molar-refractivity contribution in [3.63, 3.8) is 0 Å². The van der Waals surface area contributed by atoms with E-state index in [4.69, 9.17) is 0 Å². The van der Waals surface area contributed by atoms with Crippen LogP contribution in [0.15, 0.2) is 30.3 Å². The van der Waals surface area contributed by atoms with Gasteiger partial charge in [0.2, 0.25) is 0 Å². The maximum Gasteiger partial charge on any atom is 0.136 e. The molecule has 98 valence electrons. The molecule has 1 saturated heterocycles. The van der Waals surface area contributed by atoms with Crippen LogP contribution in [0.5, 0.6) is 0 Å². The summed E-state index contributed by atoms with van der Waals surface area (Å²) >= 11 is 0. The predicted molar refractivity (Wildman–Crippen MR) is 74.6 cm³/mol. The van der Waals surface area contributed by atoms with E-state index in [0.29, 0.717) is 0 Å². The highest BCUT2D eigenvalue weighted by Crippen LogP contribution is 2.23. The topological polar surface area (TPSA) is 20.3 Å². The molecule has 0 aliphatic carbocycles. The first-order valence-corrected chi connectivity index (χ1v) is 7.03. The summed E-state index contributed by atoms with van der Waals surface area (Å²) in [5.74, 6) is 0.834. The monoisotopic (exact) mass is 245 g/mol. The molecule has 1 aromatic carbocycles. The third-order valence-corrected chi connectivity index (χ3v) is 4.11. The quantitative estimate of drug-likeness (QED) is 0.743. The molecule has 1 atom stereocenters. The van der Waals surface area contributed by atoms with E-state index in [1.165, 1.54) is 31.2 Å². The molecule has 2 heteroatoms. The lowest BCUT2D eigenvalue weighted by Crippen LogP contribution is -2.40. The molecule has 0 amide bonds. The fourth-order valence-corrected chi connectivity index (χ4v) is 2.75. The van der Waals surface area contributed by atoms with Crippen LogP contribution in [-0.2, 0) is 11.2 Å². The summed E-state index contributed by atoms with van der Waals surface area (Å²) in [6, 6.07) is 10.8. The number of aldehydes is 1. The van der Waals surface area contributed by atoms with E-state index in [9.17, 15) is 4.79 Å². The average molecular weight is 245 g/mol. The van der Waals surface area contributed by atoms with Crippen LogP contribution in [0.3, 0.4) is 0 Å². The molecule has 1 heterocycles. The van der Waals surface area contributed by atoms with E-state index < -0.39 is 0 Å². The van der Waals surface area contributed by atoms with Crippen molar-refractivity contribution in [2.24, 2.45) is 5.92 Å². The van der Waals surface area contributed by atoms with Gasteiger partial charge in [0.15, 0.2) is 0 Å². The van der Waals surface area contributed by atoms with Crippen LogP contribution in [0.1, 0.15) is 31.7 Å². The summed E-state index contributed by atoms with van der Waals surface area (Å²) in [7, 11) is 0. The van der Waals surface area contributed by atoms with Gasteiger partial charge < -0.3 is 4.79 Å². The summed E-state index contributed by atoms with van der Waals surface area (Å²) in [4.78, 5) is 13.1. The molecule has 1 aliphatic heterocycles. The van der Waals surface area contributed by atoms with Crippen molar-refractivity contribution in [3.05, 3.63) is 35.9 Å². The Hall–Kier alpha value is -1.15. The van der Waals surface area contributed by atoms with Gasteiger partial charge in [-0.1, -0.05) is 30.3 Å². The molecule has 1 unspecified atom stereocenters. The largest absolute Gasteiger partial charge is 0.302 e. The van der Waals surface area contributed by atoms with E-state index in [1.807, 2.05) is 6.92 Å². The highest BCUT2D eigenvalue weighted by atomic mass is 16.1. The Balaban J connectivity index is 1.72. The Morgan fingerprint density at radius 3 is 2.56 bits per heavy atom. The molecule has 1 fully saturated rings. The van der Waals surface area contributed by atoms with Gasteiger partial charge in [0.25, 0.3) is 0 Å². The molecule has 0 bridgehead atoms. The van der Waals surface area contributed by atoms with Crippen molar-refractivity contribution >= 4 is 6.29 Å². The van der Waals surface area contributed by atoms with Crippen LogP contribution in [0.25, 0.3) is 0 Å². The Kier molecular flexibility index (Phi) is 4.94. The smallest absolute Gasteiger partial charge is 0.136 e. The second kappa shape index (κ2) is 6.69. The van der Waals surface area contributed by atoms with Crippen molar-refractivity contribution < 1.29 is 4.79 Å². The van der Waals surface area contributed by atoms with Crippen LogP contribution < -0.4 is 0 Å². The first-order valence-electron chi connectivity index (χ1n) is 7.03. The number of aryl methyl sites for hydroxylation is 1. The molecule has 1 aromatic rings. The summed E-state index contributed by atoms with van der Waals surface area (Å²) in [5, 5.41) is 0. The molecule has 18 heavy (non-hydrogen) atoms. The Morgan fingerprint density at radius 1 is 1.28 bits per heavy atom. The van der Waals surface area contributed by atoms with Crippen molar-refractivity contribution in [2.45, 2.75) is 38.6 Å². The number of rotatable bonds is 5. The zero-order valence-electron chi connectivity index (χ0n) is 11.2. The SMILES string of the molecule is CC(C=O)N1CCC(CCc2ccccc2)CC1. The number of hydrogen-bond donors (Lipinski definition) is 0. The third kappa shape index (κ3) is 3.67. The lowest BCUT2D eigenvalue weighted by atomic mass is 9.90. The molecule has 0 aromatic heterocycles. The second-order valence-electron chi connectivity index (χ2n) is 5.38. The highest BCUT2D eigenvalue weighted by molar-refractivity contribution is 5.56. The van der Waals surface area contributed by atoms with E-state index in [2.05, 4.69) is 35.2 Å². The van der Waals surface area contributed by atoms with Crippen molar-refractivity contribution in [1.82, 2.24) is 4.90 Å². The van der Waals surface area contributed by atoms with E-state index >= 15 is 0 Å². The van der Waals surface area contributed by atoms with Gasteiger partial charge >= 0.3 is 0 Å². The van der Waals surface area contributed by atoms with Crippen LogP contribution in [0, 0.1) is 5.92 Å².